The van der Waals surface area contributed by atoms with Crippen molar-refractivity contribution in [3.63, 3.8) is 0 Å². The topological polar surface area (TPSA) is 116 Å². The van der Waals surface area contributed by atoms with E-state index < -0.39 is 20.2 Å². The predicted octanol–water partition coefficient (Wildman–Crippen LogP) is 6.85. The van der Waals surface area contributed by atoms with E-state index in [2.05, 4.69) is 9.47 Å². The summed E-state index contributed by atoms with van der Waals surface area (Å²) in [6, 6.07) is 11.4. The van der Waals surface area contributed by atoms with E-state index in [4.69, 9.17) is 32.3 Å². The minimum Gasteiger partial charge on any atom is -0.335 e. The zero-order valence-electron chi connectivity index (χ0n) is 21.8. The summed E-state index contributed by atoms with van der Waals surface area (Å²) in [6.07, 6.45) is 11.6. The molecule has 0 saturated carbocycles. The molecule has 0 spiro atoms. The molecule has 0 radical (unpaired) electrons. The Morgan fingerprint density at radius 2 is 1.54 bits per heavy atom. The van der Waals surface area contributed by atoms with Crippen molar-refractivity contribution >= 4 is 88.5 Å². The largest absolute Gasteiger partial charge is 0.335 e. The number of benzene rings is 2. The molecule has 2 aromatic carbocycles. The van der Waals surface area contributed by atoms with Gasteiger partial charge in [0.25, 0.3) is 25.2 Å². The molecule has 0 bridgehead atoms. The van der Waals surface area contributed by atoms with Gasteiger partial charge < -0.3 is 4.90 Å². The number of thioether (sulfide) groups is 1. The molecule has 220 valence electrons. The van der Waals surface area contributed by atoms with Crippen LogP contribution < -0.4 is 9.47 Å². The van der Waals surface area contributed by atoms with Gasteiger partial charge in [0.05, 0.1) is 22.2 Å². The number of halogens is 2. The van der Waals surface area contributed by atoms with Crippen molar-refractivity contribution in [2.45, 2.75) is 37.1 Å². The van der Waals surface area contributed by atoms with E-state index >= 15 is 0 Å². The molecule has 0 unspecified atom stereocenters. The summed E-state index contributed by atoms with van der Waals surface area (Å²) in [5.74, 6) is -0.546. The molecule has 1 aliphatic heterocycles. The monoisotopic (exact) mass is 675 g/mol. The second-order valence-electron chi connectivity index (χ2n) is 9.30. The number of nitrogens with zero attached hydrogens (tertiary/aromatic N) is 2. The number of hydrogen-bond donors (Lipinski definition) is 2. The van der Waals surface area contributed by atoms with Crippen LogP contribution in [-0.2, 0) is 26.8 Å². The average Bonchev–Trinajstić information content (AvgIpc) is 3.39. The van der Waals surface area contributed by atoms with Gasteiger partial charge in [0.2, 0.25) is 5.52 Å². The molecule has 3 aromatic rings. The van der Waals surface area contributed by atoms with Gasteiger partial charge in [0.15, 0.2) is 6.54 Å². The van der Waals surface area contributed by atoms with Crippen molar-refractivity contribution in [2.24, 2.45) is 0 Å². The number of hydrogen-bond acceptors (Lipinski definition) is 7. The molecule has 1 aliphatic rings. The lowest BCUT2D eigenvalue weighted by molar-refractivity contribution is -0.669. The molecular formula is C27H29Cl2N2O6S4+. The second-order valence-corrected chi connectivity index (χ2v) is 15.4. The van der Waals surface area contributed by atoms with Gasteiger partial charge in [-0.05, 0) is 55.7 Å². The number of anilines is 1. The van der Waals surface area contributed by atoms with Crippen molar-refractivity contribution in [1.82, 2.24) is 0 Å². The molecule has 8 nitrogen and oxygen atoms in total. The van der Waals surface area contributed by atoms with Gasteiger partial charge in [-0.3, -0.25) is 9.11 Å². The van der Waals surface area contributed by atoms with Crippen LogP contribution in [0.5, 0.6) is 0 Å². The van der Waals surface area contributed by atoms with Crippen LogP contribution in [0.3, 0.4) is 0 Å². The highest BCUT2D eigenvalue weighted by atomic mass is 35.5. The van der Waals surface area contributed by atoms with E-state index in [1.165, 1.54) is 0 Å². The van der Waals surface area contributed by atoms with Crippen LogP contribution in [0.1, 0.15) is 30.7 Å². The number of unbranched alkanes of at least 4 members (excludes halogenated alkanes) is 2. The van der Waals surface area contributed by atoms with E-state index in [-0.39, 0.29) is 11.5 Å². The summed E-state index contributed by atoms with van der Waals surface area (Å²) < 4.78 is 65.6. The maximum absolute atomic E-state index is 11.1. The Morgan fingerprint density at radius 3 is 2.27 bits per heavy atom. The smallest absolute Gasteiger partial charge is 0.264 e. The maximum Gasteiger partial charge on any atom is 0.264 e. The maximum atomic E-state index is 11.1. The van der Waals surface area contributed by atoms with Gasteiger partial charge in [-0.1, -0.05) is 64.5 Å². The number of thiazole rings is 1. The molecule has 0 saturated heterocycles. The third kappa shape index (κ3) is 9.55. The van der Waals surface area contributed by atoms with Crippen molar-refractivity contribution in [3.05, 3.63) is 80.8 Å². The fraction of sp³-hybridized carbons (Fsp3) is 0.296. The molecule has 2 heterocycles. The molecule has 14 heteroatoms. The van der Waals surface area contributed by atoms with Crippen molar-refractivity contribution in [2.75, 3.05) is 23.0 Å². The third-order valence-electron chi connectivity index (χ3n) is 6.15. The van der Waals surface area contributed by atoms with Crippen LogP contribution in [-0.4, -0.2) is 44.0 Å². The molecule has 2 N–H and O–H groups in total. The standard InChI is InChI=1S/C27H28Cl2N2O6S4/c28-20-10-12-24-22(18-20)30(14-4-6-16-40(32,33)34)26(38-24)8-2-1-3-9-27-31(15-5-7-17-41(35,36)37)23-19-21(29)11-13-25(23)39-27/h1-3,8-13,18-19H,4-7,14-17H2,(H-,32,33,34,35,36,37)/p+1. The summed E-state index contributed by atoms with van der Waals surface area (Å²) in [7, 11) is -7.98. The van der Waals surface area contributed by atoms with Gasteiger partial charge in [0, 0.05) is 40.0 Å². The Hall–Kier alpha value is -1.90. The van der Waals surface area contributed by atoms with Crippen LogP contribution in [0.15, 0.2) is 70.6 Å². The zero-order chi connectivity index (χ0) is 29.6. The summed E-state index contributed by atoms with van der Waals surface area (Å²) in [6.45, 7) is 1.15. The van der Waals surface area contributed by atoms with E-state index in [1.54, 1.807) is 23.1 Å². The van der Waals surface area contributed by atoms with Gasteiger partial charge in [-0.2, -0.15) is 21.4 Å². The van der Waals surface area contributed by atoms with Crippen LogP contribution in [0, 0.1) is 0 Å². The van der Waals surface area contributed by atoms with Crippen LogP contribution in [0.4, 0.5) is 5.69 Å². The Bertz CT molecular complexity index is 1720. The summed E-state index contributed by atoms with van der Waals surface area (Å²) in [4.78, 5) is 3.15. The van der Waals surface area contributed by atoms with E-state index in [1.807, 2.05) is 66.8 Å². The molecule has 41 heavy (non-hydrogen) atoms. The first-order chi connectivity index (χ1) is 19.4. The van der Waals surface area contributed by atoms with Crippen LogP contribution in [0.2, 0.25) is 10.0 Å². The second kappa shape index (κ2) is 14.0. The predicted molar refractivity (Wildman–Crippen MR) is 169 cm³/mol. The summed E-state index contributed by atoms with van der Waals surface area (Å²) in [5, 5.41) is 3.18. The summed E-state index contributed by atoms with van der Waals surface area (Å²) in [5.41, 5.74) is 1.92. The van der Waals surface area contributed by atoms with E-state index in [0.717, 1.165) is 30.8 Å². The minimum absolute atomic E-state index is 0.273. The quantitative estimate of drug-likeness (QED) is 0.0874. The van der Waals surface area contributed by atoms with Gasteiger partial charge >= 0.3 is 0 Å². The van der Waals surface area contributed by atoms with Gasteiger partial charge in [-0.15, -0.1) is 0 Å². The number of aromatic nitrogens is 1. The fourth-order valence-electron chi connectivity index (χ4n) is 4.31. The van der Waals surface area contributed by atoms with Crippen LogP contribution >= 0.6 is 46.3 Å². The van der Waals surface area contributed by atoms with Crippen molar-refractivity contribution in [1.29, 1.82) is 0 Å². The Labute approximate surface area is 258 Å². The molecule has 0 amide bonds. The van der Waals surface area contributed by atoms with Gasteiger partial charge in [0.1, 0.15) is 4.70 Å². The Balaban J connectivity index is 1.48. The van der Waals surface area contributed by atoms with Crippen molar-refractivity contribution in [3.8, 4) is 0 Å². The number of allylic oxidation sites excluding steroid dienone is 4. The normalized spacial score (nSPS) is 15.2. The highest BCUT2D eigenvalue weighted by molar-refractivity contribution is 8.03. The number of aryl methyl sites for hydroxylation is 1. The first-order valence-corrected chi connectivity index (χ1v) is 18.3. The third-order valence-corrected chi connectivity index (χ3v) is 10.5. The molecule has 0 atom stereocenters. The van der Waals surface area contributed by atoms with Crippen molar-refractivity contribution < 1.29 is 30.5 Å². The lowest BCUT2D eigenvalue weighted by Crippen LogP contribution is -2.35. The van der Waals surface area contributed by atoms with E-state index in [0.29, 0.717) is 48.8 Å². The lowest BCUT2D eigenvalue weighted by Gasteiger charge is -2.20. The minimum atomic E-state index is -3.99. The Kier molecular flexibility index (Phi) is 11.0. The zero-order valence-corrected chi connectivity index (χ0v) is 26.6. The lowest BCUT2D eigenvalue weighted by atomic mass is 10.2. The molecule has 0 fully saturated rings. The highest BCUT2D eigenvalue weighted by Gasteiger charge is 2.25. The first-order valence-electron chi connectivity index (χ1n) is 12.7. The Morgan fingerprint density at radius 1 is 0.854 bits per heavy atom. The molecule has 0 aliphatic carbocycles. The highest BCUT2D eigenvalue weighted by Crippen LogP contribution is 2.47. The fourth-order valence-corrected chi connectivity index (χ4v) is 7.94. The first kappa shape index (κ1) is 32.0. The van der Waals surface area contributed by atoms with Gasteiger partial charge in [-0.25, -0.2) is 0 Å². The van der Waals surface area contributed by atoms with Crippen LogP contribution in [0.25, 0.3) is 16.3 Å². The number of fused-ring (bicyclic) bond motifs is 2. The summed E-state index contributed by atoms with van der Waals surface area (Å²) >= 11 is 15.7. The average molecular weight is 677 g/mol. The molecule has 1 aromatic heterocycles. The molecule has 4 rings (SSSR count). The van der Waals surface area contributed by atoms with E-state index in [9.17, 15) is 16.8 Å². The SMILES string of the molecule is O=S(=O)(O)CCCCN1C(=CC=CC=Cc2sc3ccc(Cl)cc3[n+]2CCCCS(=O)(=O)O)Sc2ccc(Cl)cc21. The molecular weight excluding hydrogens is 647 g/mol. The number of rotatable bonds is 13.